The van der Waals surface area contributed by atoms with Crippen molar-refractivity contribution in [3.05, 3.63) is 52.9 Å². The Hall–Kier alpha value is -3.35. The summed E-state index contributed by atoms with van der Waals surface area (Å²) >= 11 is 0. The second-order valence-electron chi connectivity index (χ2n) is 6.97. The molecule has 28 heavy (non-hydrogen) atoms. The molecule has 0 radical (unpaired) electrons. The number of carbonyl (C=O) groups is 2. The van der Waals surface area contributed by atoms with Crippen molar-refractivity contribution in [2.75, 3.05) is 6.61 Å². The Kier molecular flexibility index (Phi) is 5.63. The molecule has 2 aromatic carbocycles. The van der Waals surface area contributed by atoms with Crippen molar-refractivity contribution < 1.29 is 23.8 Å². The summed E-state index contributed by atoms with van der Waals surface area (Å²) in [6.07, 6.45) is 0.329. The Bertz CT molecular complexity index is 1090. The van der Waals surface area contributed by atoms with Gasteiger partial charge in [0, 0.05) is 11.5 Å². The molecule has 7 heteroatoms. The fraction of sp³-hybridized carbons (Fsp3) is 0.286. The van der Waals surface area contributed by atoms with Crippen LogP contribution >= 0.6 is 0 Å². The van der Waals surface area contributed by atoms with Gasteiger partial charge in [-0.05, 0) is 35.9 Å². The van der Waals surface area contributed by atoms with E-state index in [0.29, 0.717) is 23.1 Å². The highest BCUT2D eigenvalue weighted by Gasteiger charge is 2.21. The van der Waals surface area contributed by atoms with E-state index < -0.39 is 23.5 Å². The Morgan fingerprint density at radius 1 is 1.11 bits per heavy atom. The molecule has 3 aromatic rings. The number of ether oxygens (including phenoxy) is 1. The topological polar surface area (TPSA) is 106 Å². The van der Waals surface area contributed by atoms with Crippen LogP contribution in [0.1, 0.15) is 20.3 Å². The highest BCUT2D eigenvalue weighted by molar-refractivity contribution is 6.04. The van der Waals surface area contributed by atoms with Crippen molar-refractivity contribution in [2.45, 2.75) is 26.3 Å². The van der Waals surface area contributed by atoms with Crippen molar-refractivity contribution >= 4 is 33.6 Å². The van der Waals surface area contributed by atoms with Gasteiger partial charge in [0.15, 0.2) is 6.61 Å². The number of nitrogens with one attached hydrogen (secondary N) is 1. The zero-order valence-electron chi connectivity index (χ0n) is 15.6. The summed E-state index contributed by atoms with van der Waals surface area (Å²) in [5, 5.41) is 13.7. The van der Waals surface area contributed by atoms with E-state index in [-0.39, 0.29) is 12.5 Å². The van der Waals surface area contributed by atoms with Gasteiger partial charge in [0.25, 0.3) is 5.91 Å². The van der Waals surface area contributed by atoms with Crippen molar-refractivity contribution in [3.63, 3.8) is 0 Å². The Labute approximate surface area is 160 Å². The normalized spacial score (nSPS) is 12.2. The zero-order chi connectivity index (χ0) is 20.3. The molecule has 0 unspecified atom stereocenters. The van der Waals surface area contributed by atoms with Gasteiger partial charge >= 0.3 is 11.6 Å². The first-order chi connectivity index (χ1) is 13.3. The number of hydrogen-bond acceptors (Lipinski definition) is 5. The molecule has 7 nitrogen and oxygen atoms in total. The smallest absolute Gasteiger partial charge is 0.344 e. The average Bonchev–Trinajstić information content (AvgIpc) is 2.65. The van der Waals surface area contributed by atoms with Gasteiger partial charge in [-0.25, -0.2) is 9.59 Å². The number of rotatable bonds is 7. The molecule has 1 aromatic heterocycles. The van der Waals surface area contributed by atoms with E-state index in [2.05, 4.69) is 5.32 Å². The van der Waals surface area contributed by atoms with Crippen LogP contribution in [0.2, 0.25) is 0 Å². The molecule has 0 fully saturated rings. The summed E-state index contributed by atoms with van der Waals surface area (Å²) in [5.41, 5.74) is -0.0965. The van der Waals surface area contributed by atoms with Gasteiger partial charge in [0.2, 0.25) is 0 Å². The Morgan fingerprint density at radius 3 is 2.50 bits per heavy atom. The maximum atomic E-state index is 12.1. The maximum absolute atomic E-state index is 12.1. The summed E-state index contributed by atoms with van der Waals surface area (Å²) in [6.45, 7) is 3.42. The number of aliphatic carboxylic acids is 1. The van der Waals surface area contributed by atoms with Crippen LogP contribution in [0.4, 0.5) is 0 Å². The molecule has 1 atom stereocenters. The molecular weight excluding hydrogens is 362 g/mol. The number of benzene rings is 2. The first-order valence-electron chi connectivity index (χ1n) is 8.95. The highest BCUT2D eigenvalue weighted by Crippen LogP contribution is 2.26. The molecular formula is C21H21NO6. The van der Waals surface area contributed by atoms with E-state index in [4.69, 9.17) is 9.15 Å². The lowest BCUT2D eigenvalue weighted by atomic mass is 10.0. The third-order valence-electron chi connectivity index (χ3n) is 4.30. The fourth-order valence-corrected chi connectivity index (χ4v) is 3.03. The van der Waals surface area contributed by atoms with Crippen LogP contribution < -0.4 is 15.7 Å². The molecule has 0 aliphatic carbocycles. The highest BCUT2D eigenvalue weighted by atomic mass is 16.5. The summed E-state index contributed by atoms with van der Waals surface area (Å²) in [4.78, 5) is 35.4. The predicted molar refractivity (Wildman–Crippen MR) is 105 cm³/mol. The standard InChI is InChI=1S/C21H21NO6/c1-12(2)9-17(20(24)25)22-19(23)11-27-13-7-8-15-14-5-3-4-6-16(14)21(26)28-18(15)10-13/h3-8,10,12,17H,9,11H2,1-2H3,(H,22,23)(H,24,25)/t17-/m0/s1. The zero-order valence-corrected chi connectivity index (χ0v) is 15.6. The molecule has 2 N–H and O–H groups in total. The van der Waals surface area contributed by atoms with E-state index in [1.807, 2.05) is 26.0 Å². The molecule has 0 aliphatic heterocycles. The minimum atomic E-state index is -1.08. The number of carboxylic acid groups (broad SMARTS) is 1. The monoisotopic (exact) mass is 383 g/mol. The number of carboxylic acids is 1. The van der Waals surface area contributed by atoms with Gasteiger partial charge in [0.05, 0.1) is 5.39 Å². The van der Waals surface area contributed by atoms with Gasteiger partial charge in [-0.15, -0.1) is 0 Å². The fourth-order valence-electron chi connectivity index (χ4n) is 3.03. The summed E-state index contributed by atoms with van der Waals surface area (Å²) in [5.74, 6) is -1.15. The van der Waals surface area contributed by atoms with Crippen LogP contribution in [-0.4, -0.2) is 29.6 Å². The minimum absolute atomic E-state index is 0.125. The van der Waals surface area contributed by atoms with Crippen LogP contribution in [0, 0.1) is 5.92 Å². The molecule has 0 bridgehead atoms. The van der Waals surface area contributed by atoms with Gasteiger partial charge in [-0.3, -0.25) is 4.79 Å². The van der Waals surface area contributed by atoms with Crippen molar-refractivity contribution in [1.82, 2.24) is 5.32 Å². The summed E-state index contributed by atoms with van der Waals surface area (Å²) in [6, 6.07) is 11.2. The third kappa shape index (κ3) is 4.31. The number of carbonyl (C=O) groups excluding carboxylic acids is 1. The van der Waals surface area contributed by atoms with Crippen molar-refractivity contribution in [3.8, 4) is 5.75 Å². The van der Waals surface area contributed by atoms with E-state index in [9.17, 15) is 19.5 Å². The SMILES string of the molecule is CC(C)C[C@H](NC(=O)COc1ccc2c(c1)oc(=O)c1ccccc12)C(=O)O. The maximum Gasteiger partial charge on any atom is 0.344 e. The van der Waals surface area contributed by atoms with Gasteiger partial charge in [0.1, 0.15) is 17.4 Å². The first kappa shape index (κ1) is 19.4. The quantitative estimate of drug-likeness (QED) is 0.480. The van der Waals surface area contributed by atoms with Crippen LogP contribution in [0.15, 0.2) is 51.7 Å². The van der Waals surface area contributed by atoms with E-state index in [1.54, 1.807) is 30.3 Å². The predicted octanol–water partition coefficient (Wildman–Crippen LogP) is 2.94. The molecule has 0 saturated carbocycles. The van der Waals surface area contributed by atoms with Crippen molar-refractivity contribution in [1.29, 1.82) is 0 Å². The molecule has 0 aliphatic rings. The van der Waals surface area contributed by atoms with Crippen molar-refractivity contribution in [2.24, 2.45) is 5.92 Å². The molecule has 146 valence electrons. The second-order valence-corrected chi connectivity index (χ2v) is 6.97. The number of fused-ring (bicyclic) bond motifs is 3. The van der Waals surface area contributed by atoms with E-state index in [0.717, 1.165) is 10.8 Å². The second kappa shape index (κ2) is 8.12. The Morgan fingerprint density at radius 2 is 1.82 bits per heavy atom. The van der Waals surface area contributed by atoms with Gasteiger partial charge in [-0.1, -0.05) is 32.0 Å². The number of hydrogen-bond donors (Lipinski definition) is 2. The Balaban J connectivity index is 1.74. The largest absolute Gasteiger partial charge is 0.484 e. The lowest BCUT2D eigenvalue weighted by molar-refractivity contribution is -0.142. The van der Waals surface area contributed by atoms with E-state index in [1.165, 1.54) is 0 Å². The lowest BCUT2D eigenvalue weighted by Gasteiger charge is -2.16. The molecule has 1 heterocycles. The first-order valence-corrected chi connectivity index (χ1v) is 8.95. The molecule has 1 amide bonds. The third-order valence-corrected chi connectivity index (χ3v) is 4.30. The van der Waals surface area contributed by atoms with Crippen LogP contribution in [0.3, 0.4) is 0 Å². The molecule has 3 rings (SSSR count). The molecule has 0 spiro atoms. The van der Waals surface area contributed by atoms with Gasteiger partial charge in [-0.2, -0.15) is 0 Å². The lowest BCUT2D eigenvalue weighted by Crippen LogP contribution is -2.43. The van der Waals surface area contributed by atoms with E-state index >= 15 is 0 Å². The molecule has 0 saturated heterocycles. The van der Waals surface area contributed by atoms with Crippen LogP contribution in [0.25, 0.3) is 21.7 Å². The van der Waals surface area contributed by atoms with Crippen LogP contribution in [-0.2, 0) is 9.59 Å². The number of amides is 1. The van der Waals surface area contributed by atoms with Crippen LogP contribution in [0.5, 0.6) is 5.75 Å². The van der Waals surface area contributed by atoms with Gasteiger partial charge < -0.3 is 19.6 Å². The summed E-state index contributed by atoms with van der Waals surface area (Å²) < 4.78 is 10.8. The minimum Gasteiger partial charge on any atom is -0.484 e. The average molecular weight is 383 g/mol. The summed E-state index contributed by atoms with van der Waals surface area (Å²) in [7, 11) is 0.